The van der Waals surface area contributed by atoms with E-state index in [1.165, 1.54) is 18.4 Å². The van der Waals surface area contributed by atoms with E-state index < -0.39 is 0 Å². The maximum absolute atomic E-state index is 5.93. The molecular formula is C17H23N5S. The summed E-state index contributed by atoms with van der Waals surface area (Å²) < 4.78 is 0. The van der Waals surface area contributed by atoms with Crippen molar-refractivity contribution in [3.05, 3.63) is 40.9 Å². The van der Waals surface area contributed by atoms with Crippen LogP contribution >= 0.6 is 11.3 Å². The van der Waals surface area contributed by atoms with E-state index in [2.05, 4.69) is 27.5 Å². The van der Waals surface area contributed by atoms with E-state index >= 15 is 0 Å². The minimum atomic E-state index is 0.448. The van der Waals surface area contributed by atoms with Crippen molar-refractivity contribution in [1.82, 2.24) is 4.98 Å². The highest BCUT2D eigenvalue weighted by atomic mass is 32.1. The molecule has 1 aliphatic rings. The van der Waals surface area contributed by atoms with Gasteiger partial charge in [-0.1, -0.05) is 17.7 Å². The predicted octanol–water partition coefficient (Wildman–Crippen LogP) is 3.02. The zero-order chi connectivity index (χ0) is 16.1. The van der Waals surface area contributed by atoms with Gasteiger partial charge in [-0.15, -0.1) is 11.3 Å². The Morgan fingerprint density at radius 2 is 2.04 bits per heavy atom. The molecule has 0 atom stereocenters. The number of nitrogens with zero attached hydrogens (tertiary/aromatic N) is 3. The van der Waals surface area contributed by atoms with Crippen LogP contribution in [0.5, 0.6) is 0 Å². The number of anilines is 2. The molecule has 5 nitrogen and oxygen atoms in total. The number of hydrogen-bond donors (Lipinski definition) is 2. The zero-order valence-electron chi connectivity index (χ0n) is 13.5. The molecule has 1 saturated heterocycles. The third-order valence-corrected chi connectivity index (χ3v) is 4.84. The third kappa shape index (κ3) is 4.45. The number of guanidine groups is 1. The first-order valence-electron chi connectivity index (χ1n) is 8.04. The van der Waals surface area contributed by atoms with Gasteiger partial charge in [-0.3, -0.25) is 4.99 Å². The van der Waals surface area contributed by atoms with Crippen molar-refractivity contribution >= 4 is 28.1 Å². The van der Waals surface area contributed by atoms with Crippen LogP contribution < -0.4 is 16.0 Å². The quantitative estimate of drug-likeness (QED) is 0.654. The molecule has 0 radical (unpaired) electrons. The van der Waals surface area contributed by atoms with Crippen LogP contribution in [0, 0.1) is 6.92 Å². The predicted molar refractivity (Wildman–Crippen MR) is 98.6 cm³/mol. The highest BCUT2D eigenvalue weighted by molar-refractivity contribution is 7.13. The van der Waals surface area contributed by atoms with E-state index in [9.17, 15) is 0 Å². The molecule has 1 aromatic carbocycles. The summed E-state index contributed by atoms with van der Waals surface area (Å²) in [5.41, 5.74) is 9.21. The van der Waals surface area contributed by atoms with Crippen molar-refractivity contribution in [2.24, 2.45) is 10.7 Å². The average molecular weight is 329 g/mol. The fourth-order valence-corrected chi connectivity index (χ4v) is 3.49. The minimum Gasteiger partial charge on any atom is -0.370 e. The van der Waals surface area contributed by atoms with Crippen molar-refractivity contribution in [3.8, 4) is 0 Å². The standard InChI is InChI=1S/C17H23N5S/c1-13-4-6-14(7-5-13)20-16(18)19-9-8-15-12-23-17(21-15)22-10-2-3-11-22/h4-7,12H,2-3,8-11H2,1H3,(H3,18,19,20). The van der Waals surface area contributed by atoms with Gasteiger partial charge in [0.1, 0.15) is 0 Å². The Hall–Kier alpha value is -2.08. The van der Waals surface area contributed by atoms with Crippen LogP contribution in [-0.2, 0) is 6.42 Å². The fourth-order valence-electron chi connectivity index (χ4n) is 2.58. The van der Waals surface area contributed by atoms with E-state index in [0.29, 0.717) is 12.5 Å². The van der Waals surface area contributed by atoms with Gasteiger partial charge >= 0.3 is 0 Å². The summed E-state index contributed by atoms with van der Waals surface area (Å²) in [6, 6.07) is 8.09. The van der Waals surface area contributed by atoms with Crippen LogP contribution in [0.25, 0.3) is 0 Å². The first-order chi connectivity index (χ1) is 11.2. The lowest BCUT2D eigenvalue weighted by atomic mass is 10.2. The van der Waals surface area contributed by atoms with Gasteiger partial charge in [0.25, 0.3) is 0 Å². The third-order valence-electron chi connectivity index (χ3n) is 3.89. The van der Waals surface area contributed by atoms with E-state index in [0.717, 1.165) is 36.0 Å². The molecule has 3 rings (SSSR count). The van der Waals surface area contributed by atoms with E-state index in [4.69, 9.17) is 10.7 Å². The number of rotatable bonds is 5. The molecule has 122 valence electrons. The number of nitrogens with two attached hydrogens (primary N) is 1. The maximum atomic E-state index is 5.93. The molecule has 1 fully saturated rings. The summed E-state index contributed by atoms with van der Waals surface area (Å²) in [6.45, 7) is 4.98. The lowest BCUT2D eigenvalue weighted by Gasteiger charge is -2.12. The molecule has 3 N–H and O–H groups in total. The molecular weight excluding hydrogens is 306 g/mol. The monoisotopic (exact) mass is 329 g/mol. The van der Waals surface area contributed by atoms with E-state index in [-0.39, 0.29) is 0 Å². The van der Waals surface area contributed by atoms with Crippen LogP contribution in [0.2, 0.25) is 0 Å². The van der Waals surface area contributed by atoms with Crippen LogP contribution in [0.3, 0.4) is 0 Å². The van der Waals surface area contributed by atoms with Crippen LogP contribution in [0.15, 0.2) is 34.6 Å². The Morgan fingerprint density at radius 3 is 2.78 bits per heavy atom. The Balaban J connectivity index is 1.48. The maximum Gasteiger partial charge on any atom is 0.193 e. The van der Waals surface area contributed by atoms with Crippen molar-refractivity contribution in [2.75, 3.05) is 29.9 Å². The molecule has 0 saturated carbocycles. The Kier molecular flexibility index (Phi) is 5.12. The molecule has 0 unspecified atom stereocenters. The Bertz CT molecular complexity index is 656. The number of aromatic nitrogens is 1. The highest BCUT2D eigenvalue weighted by Crippen LogP contribution is 2.24. The number of nitrogens with one attached hydrogen (secondary N) is 1. The van der Waals surface area contributed by atoms with Gasteiger partial charge in [0.15, 0.2) is 11.1 Å². The van der Waals surface area contributed by atoms with Gasteiger partial charge in [-0.05, 0) is 31.9 Å². The molecule has 0 aliphatic carbocycles. The summed E-state index contributed by atoms with van der Waals surface area (Å²) in [4.78, 5) is 11.4. The molecule has 23 heavy (non-hydrogen) atoms. The lowest BCUT2D eigenvalue weighted by molar-refractivity contribution is 0.907. The first kappa shape index (κ1) is 15.8. The number of aryl methyl sites for hydroxylation is 1. The normalized spacial score (nSPS) is 15.2. The molecule has 0 amide bonds. The van der Waals surface area contributed by atoms with Crippen LogP contribution in [-0.4, -0.2) is 30.6 Å². The summed E-state index contributed by atoms with van der Waals surface area (Å²) in [6.07, 6.45) is 3.38. The number of benzene rings is 1. The van der Waals surface area contributed by atoms with Gasteiger partial charge in [0.05, 0.1) is 5.69 Å². The van der Waals surface area contributed by atoms with Gasteiger partial charge in [0, 0.05) is 37.1 Å². The molecule has 1 aromatic heterocycles. The van der Waals surface area contributed by atoms with E-state index in [1.807, 2.05) is 24.3 Å². The van der Waals surface area contributed by atoms with E-state index in [1.54, 1.807) is 11.3 Å². The summed E-state index contributed by atoms with van der Waals surface area (Å²) in [5, 5.41) is 6.38. The van der Waals surface area contributed by atoms with Gasteiger partial charge in [-0.25, -0.2) is 4.98 Å². The molecule has 2 aromatic rings. The molecule has 6 heteroatoms. The second-order valence-electron chi connectivity index (χ2n) is 5.82. The zero-order valence-corrected chi connectivity index (χ0v) is 14.3. The fraction of sp³-hybridized carbons (Fsp3) is 0.412. The first-order valence-corrected chi connectivity index (χ1v) is 8.91. The summed E-state index contributed by atoms with van der Waals surface area (Å²) >= 11 is 1.73. The number of aliphatic imine (C=N–C) groups is 1. The summed E-state index contributed by atoms with van der Waals surface area (Å²) in [5.74, 6) is 0.448. The number of thiazole rings is 1. The second kappa shape index (κ2) is 7.46. The van der Waals surface area contributed by atoms with Gasteiger partial charge < -0.3 is 16.0 Å². The van der Waals surface area contributed by atoms with Crippen molar-refractivity contribution in [2.45, 2.75) is 26.2 Å². The van der Waals surface area contributed by atoms with Crippen LogP contribution in [0.4, 0.5) is 10.8 Å². The molecule has 0 bridgehead atoms. The average Bonchev–Trinajstić information content (AvgIpc) is 3.20. The molecule has 2 heterocycles. The summed E-state index contributed by atoms with van der Waals surface area (Å²) in [7, 11) is 0. The number of hydrogen-bond acceptors (Lipinski definition) is 4. The Morgan fingerprint density at radius 1 is 1.30 bits per heavy atom. The largest absolute Gasteiger partial charge is 0.370 e. The highest BCUT2D eigenvalue weighted by Gasteiger charge is 2.15. The smallest absolute Gasteiger partial charge is 0.193 e. The molecule has 1 aliphatic heterocycles. The van der Waals surface area contributed by atoms with Crippen LogP contribution in [0.1, 0.15) is 24.1 Å². The molecule has 0 spiro atoms. The van der Waals surface area contributed by atoms with Gasteiger partial charge in [0.2, 0.25) is 0 Å². The lowest BCUT2D eigenvalue weighted by Crippen LogP contribution is -2.23. The Labute approximate surface area is 141 Å². The van der Waals surface area contributed by atoms with Crippen molar-refractivity contribution in [1.29, 1.82) is 0 Å². The second-order valence-corrected chi connectivity index (χ2v) is 6.66. The van der Waals surface area contributed by atoms with Crippen molar-refractivity contribution < 1.29 is 0 Å². The van der Waals surface area contributed by atoms with Gasteiger partial charge in [-0.2, -0.15) is 0 Å². The topological polar surface area (TPSA) is 66.5 Å². The van der Waals surface area contributed by atoms with Crippen molar-refractivity contribution in [3.63, 3.8) is 0 Å². The minimum absolute atomic E-state index is 0.448. The SMILES string of the molecule is Cc1ccc(NC(N)=NCCc2csc(N3CCCC3)n2)cc1.